The number of aromatic nitrogens is 1. The van der Waals surface area contributed by atoms with Crippen LogP contribution in [0.25, 0.3) is 10.9 Å². The van der Waals surface area contributed by atoms with Gasteiger partial charge in [0.05, 0.1) is 33.9 Å². The van der Waals surface area contributed by atoms with Crippen molar-refractivity contribution in [2.24, 2.45) is 0 Å². The highest BCUT2D eigenvalue weighted by molar-refractivity contribution is 6.33. The summed E-state index contributed by atoms with van der Waals surface area (Å²) < 4.78 is 6.05. The normalized spacial score (nSPS) is 15.8. The number of fused-ring (bicyclic) bond motifs is 3. The number of nitrogens with one attached hydrogen (secondary N) is 3. The summed E-state index contributed by atoms with van der Waals surface area (Å²) in [7, 11) is 0. The van der Waals surface area contributed by atoms with Crippen LogP contribution in [0.5, 0.6) is 5.75 Å². The van der Waals surface area contributed by atoms with Crippen LogP contribution in [-0.2, 0) is 13.0 Å². The summed E-state index contributed by atoms with van der Waals surface area (Å²) in [5, 5.41) is 7.81. The Balaban J connectivity index is 1.31. The van der Waals surface area contributed by atoms with E-state index in [2.05, 4.69) is 37.6 Å². The summed E-state index contributed by atoms with van der Waals surface area (Å²) in [5.41, 5.74) is 5.18. The molecular formula is C28H34ClN5O3. The Hall–Kier alpha value is -3.23. The van der Waals surface area contributed by atoms with E-state index in [4.69, 9.17) is 16.3 Å². The number of rotatable bonds is 7. The Kier molecular flexibility index (Phi) is 7.58. The van der Waals surface area contributed by atoms with Crippen LogP contribution in [0.15, 0.2) is 35.1 Å². The maximum atomic E-state index is 12.8. The molecule has 0 bridgehead atoms. The number of amides is 1. The van der Waals surface area contributed by atoms with Gasteiger partial charge < -0.3 is 25.3 Å². The third-order valence-electron chi connectivity index (χ3n) is 7.11. The maximum Gasteiger partial charge on any atom is 0.253 e. The minimum absolute atomic E-state index is 0.0158. The van der Waals surface area contributed by atoms with E-state index in [1.165, 1.54) is 0 Å². The molecule has 37 heavy (non-hydrogen) atoms. The molecule has 0 atom stereocenters. The highest BCUT2D eigenvalue weighted by atomic mass is 35.5. The number of pyridine rings is 1. The Labute approximate surface area is 221 Å². The number of hydrogen-bond acceptors (Lipinski definition) is 6. The van der Waals surface area contributed by atoms with Crippen LogP contribution in [0.1, 0.15) is 41.8 Å². The van der Waals surface area contributed by atoms with Gasteiger partial charge in [-0.15, -0.1) is 0 Å². The van der Waals surface area contributed by atoms with Crippen LogP contribution < -0.4 is 25.8 Å². The molecule has 3 aromatic rings. The molecule has 8 nitrogen and oxygen atoms in total. The van der Waals surface area contributed by atoms with Gasteiger partial charge in [0.25, 0.3) is 11.5 Å². The zero-order valence-electron chi connectivity index (χ0n) is 21.5. The molecule has 2 aromatic carbocycles. The lowest BCUT2D eigenvalue weighted by Crippen LogP contribution is -2.46. The van der Waals surface area contributed by atoms with Gasteiger partial charge in [0.2, 0.25) is 0 Å². The van der Waals surface area contributed by atoms with Crippen LogP contribution in [0, 0.1) is 0 Å². The number of halogens is 1. The van der Waals surface area contributed by atoms with Crippen LogP contribution in [0.2, 0.25) is 5.02 Å². The predicted octanol–water partition coefficient (Wildman–Crippen LogP) is 4.01. The van der Waals surface area contributed by atoms with Crippen molar-refractivity contribution in [3.05, 3.63) is 62.4 Å². The zero-order chi connectivity index (χ0) is 25.9. The summed E-state index contributed by atoms with van der Waals surface area (Å²) in [5.74, 6) is 0.703. The molecule has 9 heteroatoms. The Bertz CT molecular complexity index is 1360. The summed E-state index contributed by atoms with van der Waals surface area (Å²) in [6.07, 6.45) is 1.74. The molecule has 3 N–H and O–H groups in total. The van der Waals surface area contributed by atoms with E-state index in [1.54, 1.807) is 6.07 Å². The van der Waals surface area contributed by atoms with Crippen molar-refractivity contribution in [3.8, 4) is 5.75 Å². The van der Waals surface area contributed by atoms with Gasteiger partial charge in [0.1, 0.15) is 5.75 Å². The number of ether oxygens (including phenoxy) is 1. The second-order valence-corrected chi connectivity index (χ2v) is 9.98. The smallest absolute Gasteiger partial charge is 0.253 e. The van der Waals surface area contributed by atoms with Crippen LogP contribution in [0.4, 0.5) is 11.4 Å². The summed E-state index contributed by atoms with van der Waals surface area (Å²) in [4.78, 5) is 32.6. The molecule has 1 aromatic heterocycles. The summed E-state index contributed by atoms with van der Waals surface area (Å²) in [6.45, 7) is 10.1. The maximum absolute atomic E-state index is 12.8. The standard InChI is InChI=1S/C28H34ClN5O3/c1-3-30-27(35)19-7-8-23(21(29)16-19)34-12-10-33(11-13-34)17-18-14-22-25(24(15-18)37-4-2)26-20(28(36)32-22)6-5-9-31-26/h7-8,14-16,31H,3-6,9-13,17H2,1-2H3,(H,30,35)(H,32,36). The summed E-state index contributed by atoms with van der Waals surface area (Å²) in [6, 6.07) is 9.71. The molecule has 2 aliphatic heterocycles. The number of benzene rings is 2. The Morgan fingerprint density at radius 2 is 1.95 bits per heavy atom. The first-order valence-electron chi connectivity index (χ1n) is 13.1. The van der Waals surface area contributed by atoms with Crippen LogP contribution in [-0.4, -0.2) is 61.7 Å². The fraction of sp³-hybridized carbons (Fsp3) is 0.429. The third-order valence-corrected chi connectivity index (χ3v) is 7.41. The molecule has 0 saturated carbocycles. The molecule has 0 radical (unpaired) electrons. The number of carbonyl (C=O) groups is 1. The average Bonchev–Trinajstić information content (AvgIpc) is 2.89. The molecule has 0 unspecified atom stereocenters. The Morgan fingerprint density at radius 3 is 2.68 bits per heavy atom. The number of hydrogen-bond donors (Lipinski definition) is 3. The Morgan fingerprint density at radius 1 is 1.14 bits per heavy atom. The van der Waals surface area contributed by atoms with Gasteiger partial charge in [-0.3, -0.25) is 14.5 Å². The third kappa shape index (κ3) is 5.26. The molecule has 1 fully saturated rings. The molecule has 0 spiro atoms. The number of anilines is 2. The SMILES string of the molecule is CCNC(=O)c1ccc(N2CCN(Cc3cc(OCC)c4c5c(c(=O)[nH]c4c3)CCCN5)CC2)c(Cl)c1. The lowest BCUT2D eigenvalue weighted by atomic mass is 9.99. The molecule has 1 saturated heterocycles. The van der Waals surface area contributed by atoms with E-state index in [-0.39, 0.29) is 11.5 Å². The van der Waals surface area contributed by atoms with Crippen molar-refractivity contribution in [2.75, 3.05) is 56.1 Å². The highest BCUT2D eigenvalue weighted by Crippen LogP contribution is 2.36. The lowest BCUT2D eigenvalue weighted by molar-refractivity contribution is 0.0956. The summed E-state index contributed by atoms with van der Waals surface area (Å²) >= 11 is 6.56. The van der Waals surface area contributed by atoms with E-state index >= 15 is 0 Å². The largest absolute Gasteiger partial charge is 0.493 e. The van der Waals surface area contributed by atoms with E-state index in [1.807, 2.05) is 26.0 Å². The molecule has 196 valence electrons. The average molecular weight is 524 g/mol. The van der Waals surface area contributed by atoms with E-state index in [0.717, 1.165) is 91.3 Å². The van der Waals surface area contributed by atoms with E-state index < -0.39 is 0 Å². The van der Waals surface area contributed by atoms with Gasteiger partial charge >= 0.3 is 0 Å². The number of nitrogens with zero attached hydrogens (tertiary/aromatic N) is 2. The van der Waals surface area contributed by atoms with E-state index in [9.17, 15) is 9.59 Å². The van der Waals surface area contributed by atoms with Crippen molar-refractivity contribution >= 4 is 39.8 Å². The van der Waals surface area contributed by atoms with Gasteiger partial charge in [-0.2, -0.15) is 0 Å². The number of H-pyrrole nitrogens is 1. The van der Waals surface area contributed by atoms with Gasteiger partial charge in [-0.1, -0.05) is 11.6 Å². The molecule has 5 rings (SSSR count). The lowest BCUT2D eigenvalue weighted by Gasteiger charge is -2.36. The molecule has 2 aliphatic rings. The van der Waals surface area contributed by atoms with Crippen molar-refractivity contribution in [1.29, 1.82) is 0 Å². The van der Waals surface area contributed by atoms with Gasteiger partial charge in [-0.25, -0.2) is 0 Å². The van der Waals surface area contributed by atoms with Crippen molar-refractivity contribution in [2.45, 2.75) is 33.2 Å². The van der Waals surface area contributed by atoms with Crippen molar-refractivity contribution in [3.63, 3.8) is 0 Å². The monoisotopic (exact) mass is 523 g/mol. The van der Waals surface area contributed by atoms with Crippen molar-refractivity contribution in [1.82, 2.24) is 15.2 Å². The molecule has 3 heterocycles. The van der Waals surface area contributed by atoms with Gasteiger partial charge in [0, 0.05) is 56.9 Å². The van der Waals surface area contributed by atoms with Gasteiger partial charge in [0.15, 0.2) is 0 Å². The number of aromatic amines is 1. The fourth-order valence-electron chi connectivity index (χ4n) is 5.34. The molecule has 1 amide bonds. The highest BCUT2D eigenvalue weighted by Gasteiger charge is 2.23. The molecule has 0 aliphatic carbocycles. The first-order chi connectivity index (χ1) is 18.0. The first-order valence-corrected chi connectivity index (χ1v) is 13.5. The van der Waals surface area contributed by atoms with Crippen LogP contribution in [0.3, 0.4) is 0 Å². The number of carbonyl (C=O) groups excluding carboxylic acids is 1. The molecular weight excluding hydrogens is 490 g/mol. The minimum Gasteiger partial charge on any atom is -0.493 e. The quantitative estimate of drug-likeness (QED) is 0.433. The fourth-order valence-corrected chi connectivity index (χ4v) is 5.64. The first kappa shape index (κ1) is 25.4. The second-order valence-electron chi connectivity index (χ2n) is 9.58. The van der Waals surface area contributed by atoms with Crippen LogP contribution >= 0.6 is 11.6 Å². The topological polar surface area (TPSA) is 89.7 Å². The van der Waals surface area contributed by atoms with E-state index in [0.29, 0.717) is 23.7 Å². The minimum atomic E-state index is -0.111. The predicted molar refractivity (Wildman–Crippen MR) is 149 cm³/mol. The van der Waals surface area contributed by atoms with Gasteiger partial charge in [-0.05, 0) is 62.6 Å². The van der Waals surface area contributed by atoms with Crippen molar-refractivity contribution < 1.29 is 9.53 Å². The number of piperazine rings is 1. The zero-order valence-corrected chi connectivity index (χ0v) is 22.2. The second kappa shape index (κ2) is 11.0.